The van der Waals surface area contributed by atoms with Crippen LogP contribution in [0.15, 0.2) is 41.3 Å². The summed E-state index contributed by atoms with van der Waals surface area (Å²) in [5.41, 5.74) is 1.50. The molecule has 2 unspecified atom stereocenters. The lowest BCUT2D eigenvalue weighted by atomic mass is 10.0. The number of ether oxygens (including phenoxy) is 2. The molecule has 29 heavy (non-hydrogen) atoms. The molecule has 0 aromatic heterocycles. The number of thioether (sulfide) groups is 1. The molecule has 150 valence electrons. The van der Waals surface area contributed by atoms with Crippen LogP contribution < -0.4 is 19.7 Å². The second-order valence-corrected chi connectivity index (χ2v) is 8.46. The number of rotatable bonds is 3. The molecular formula is C21H19FN2O4S. The highest BCUT2D eigenvalue weighted by molar-refractivity contribution is 7.99. The Labute approximate surface area is 171 Å². The molecule has 0 bridgehead atoms. The first-order chi connectivity index (χ1) is 14.1. The van der Waals surface area contributed by atoms with Gasteiger partial charge in [-0.05, 0) is 42.3 Å². The van der Waals surface area contributed by atoms with Gasteiger partial charge in [0.05, 0.1) is 12.0 Å². The Morgan fingerprint density at radius 1 is 1.17 bits per heavy atom. The van der Waals surface area contributed by atoms with E-state index in [4.69, 9.17) is 9.47 Å². The van der Waals surface area contributed by atoms with Gasteiger partial charge in [0.2, 0.25) is 18.6 Å². The number of fused-ring (bicyclic) bond motifs is 2. The van der Waals surface area contributed by atoms with Crippen molar-refractivity contribution in [2.24, 2.45) is 5.92 Å². The lowest BCUT2D eigenvalue weighted by molar-refractivity contribution is -0.127. The Balaban J connectivity index is 1.30. The monoisotopic (exact) mass is 414 g/mol. The van der Waals surface area contributed by atoms with Crippen molar-refractivity contribution in [2.45, 2.75) is 23.8 Å². The Morgan fingerprint density at radius 3 is 2.93 bits per heavy atom. The molecule has 2 aromatic rings. The molecular weight excluding hydrogens is 395 g/mol. The maximum Gasteiger partial charge on any atom is 0.231 e. The third-order valence-corrected chi connectivity index (χ3v) is 6.61. The van der Waals surface area contributed by atoms with Crippen LogP contribution in [0.1, 0.15) is 24.4 Å². The maximum atomic E-state index is 13.7. The zero-order valence-corrected chi connectivity index (χ0v) is 16.3. The standard InChI is InChI=1S/C21H19FN2O4S/c22-13-1-4-19-15(8-13)16(5-6-29-19)23-21(26)12-7-20(25)24(10-12)14-2-3-17-18(9-14)28-11-27-17/h1-4,8-9,12,16H,5-7,10-11H2,(H,23,26). The van der Waals surface area contributed by atoms with E-state index in [9.17, 15) is 14.0 Å². The minimum atomic E-state index is -0.445. The molecule has 0 aliphatic carbocycles. The molecule has 3 heterocycles. The van der Waals surface area contributed by atoms with E-state index in [2.05, 4.69) is 5.32 Å². The molecule has 8 heteroatoms. The zero-order valence-electron chi connectivity index (χ0n) is 15.5. The largest absolute Gasteiger partial charge is 0.454 e. The van der Waals surface area contributed by atoms with E-state index in [0.29, 0.717) is 23.7 Å². The summed E-state index contributed by atoms with van der Waals surface area (Å²) < 4.78 is 24.4. The van der Waals surface area contributed by atoms with Gasteiger partial charge in [0, 0.05) is 35.4 Å². The maximum absolute atomic E-state index is 13.7. The van der Waals surface area contributed by atoms with Gasteiger partial charge in [0.1, 0.15) is 5.82 Å². The van der Waals surface area contributed by atoms with Gasteiger partial charge in [-0.3, -0.25) is 9.59 Å². The van der Waals surface area contributed by atoms with Crippen LogP contribution in [-0.2, 0) is 9.59 Å². The van der Waals surface area contributed by atoms with Crippen LogP contribution in [0.25, 0.3) is 0 Å². The highest BCUT2D eigenvalue weighted by Crippen LogP contribution is 2.38. The average molecular weight is 414 g/mol. The van der Waals surface area contributed by atoms with Crippen molar-refractivity contribution < 1.29 is 23.5 Å². The predicted molar refractivity (Wildman–Crippen MR) is 106 cm³/mol. The summed E-state index contributed by atoms with van der Waals surface area (Å²) >= 11 is 1.67. The van der Waals surface area contributed by atoms with Gasteiger partial charge >= 0.3 is 0 Å². The molecule has 1 N–H and O–H groups in total. The van der Waals surface area contributed by atoms with Gasteiger partial charge < -0.3 is 19.7 Å². The van der Waals surface area contributed by atoms with Crippen LogP contribution in [-0.4, -0.2) is 30.9 Å². The van der Waals surface area contributed by atoms with Crippen LogP contribution in [0.3, 0.4) is 0 Å². The Kier molecular flexibility index (Phi) is 4.58. The quantitative estimate of drug-likeness (QED) is 0.835. The number of carbonyl (C=O) groups is 2. The molecule has 6 nitrogen and oxygen atoms in total. The van der Waals surface area contributed by atoms with E-state index in [1.165, 1.54) is 12.1 Å². The first-order valence-corrected chi connectivity index (χ1v) is 10.5. The van der Waals surface area contributed by atoms with Crippen LogP contribution in [0.5, 0.6) is 11.5 Å². The van der Waals surface area contributed by atoms with Gasteiger partial charge in [-0.2, -0.15) is 0 Å². The second-order valence-electron chi connectivity index (χ2n) is 7.32. The van der Waals surface area contributed by atoms with E-state index >= 15 is 0 Å². The number of hydrogen-bond acceptors (Lipinski definition) is 5. The van der Waals surface area contributed by atoms with Crippen LogP contribution in [0.2, 0.25) is 0 Å². The van der Waals surface area contributed by atoms with Crippen molar-refractivity contribution in [2.75, 3.05) is 24.0 Å². The van der Waals surface area contributed by atoms with Gasteiger partial charge in [0.25, 0.3) is 0 Å². The lowest BCUT2D eigenvalue weighted by Gasteiger charge is -2.27. The molecule has 0 spiro atoms. The van der Waals surface area contributed by atoms with Gasteiger partial charge in [-0.15, -0.1) is 11.8 Å². The molecule has 1 fully saturated rings. The van der Waals surface area contributed by atoms with Gasteiger partial charge in [-0.25, -0.2) is 4.39 Å². The summed E-state index contributed by atoms with van der Waals surface area (Å²) in [6, 6.07) is 9.78. The SMILES string of the molecule is O=C(NC1CCSc2ccc(F)cc21)C1CC(=O)N(c2ccc3c(c2)OCO3)C1. The number of anilines is 1. The highest BCUT2D eigenvalue weighted by Gasteiger charge is 2.37. The van der Waals surface area contributed by atoms with Crippen molar-refractivity contribution in [1.82, 2.24) is 5.32 Å². The summed E-state index contributed by atoms with van der Waals surface area (Å²) in [6.07, 6.45) is 0.886. The summed E-state index contributed by atoms with van der Waals surface area (Å²) in [7, 11) is 0. The van der Waals surface area contributed by atoms with E-state index in [1.54, 1.807) is 40.9 Å². The zero-order chi connectivity index (χ0) is 20.0. The molecule has 0 radical (unpaired) electrons. The Hall–Kier alpha value is -2.74. The minimum Gasteiger partial charge on any atom is -0.454 e. The van der Waals surface area contributed by atoms with E-state index in [0.717, 1.165) is 22.6 Å². The molecule has 2 amide bonds. The normalized spacial score (nSPS) is 22.5. The summed E-state index contributed by atoms with van der Waals surface area (Å²) in [5.74, 6) is 1.08. The predicted octanol–water partition coefficient (Wildman–Crippen LogP) is 3.26. The molecule has 2 aromatic carbocycles. The molecule has 1 saturated heterocycles. The number of carbonyl (C=O) groups excluding carboxylic acids is 2. The minimum absolute atomic E-state index is 0.102. The van der Waals surface area contributed by atoms with Crippen molar-refractivity contribution in [3.8, 4) is 11.5 Å². The van der Waals surface area contributed by atoms with E-state index < -0.39 is 5.92 Å². The Morgan fingerprint density at radius 2 is 2.03 bits per heavy atom. The van der Waals surface area contributed by atoms with Crippen LogP contribution >= 0.6 is 11.8 Å². The molecule has 0 saturated carbocycles. The summed E-state index contributed by atoms with van der Waals surface area (Å²) in [4.78, 5) is 28.0. The number of hydrogen-bond donors (Lipinski definition) is 1. The van der Waals surface area contributed by atoms with Crippen LogP contribution in [0.4, 0.5) is 10.1 Å². The van der Waals surface area contributed by atoms with Gasteiger partial charge in [0.15, 0.2) is 11.5 Å². The number of benzene rings is 2. The fourth-order valence-corrected chi connectivity index (χ4v) is 5.10. The van der Waals surface area contributed by atoms with Crippen molar-refractivity contribution >= 4 is 29.3 Å². The molecule has 3 aliphatic heterocycles. The topological polar surface area (TPSA) is 67.9 Å². The number of amides is 2. The Bertz CT molecular complexity index is 999. The molecule has 5 rings (SSSR count). The summed E-state index contributed by atoms with van der Waals surface area (Å²) in [5, 5.41) is 3.04. The smallest absolute Gasteiger partial charge is 0.231 e. The second kappa shape index (κ2) is 7.26. The van der Waals surface area contributed by atoms with Crippen molar-refractivity contribution in [3.05, 3.63) is 47.8 Å². The number of nitrogens with zero attached hydrogens (tertiary/aromatic N) is 1. The van der Waals surface area contributed by atoms with E-state index in [-0.39, 0.29) is 36.9 Å². The highest BCUT2D eigenvalue weighted by atomic mass is 32.2. The van der Waals surface area contributed by atoms with Crippen LogP contribution in [0, 0.1) is 11.7 Å². The number of nitrogens with one attached hydrogen (secondary N) is 1. The third-order valence-electron chi connectivity index (χ3n) is 5.49. The first kappa shape index (κ1) is 18.3. The lowest BCUT2D eigenvalue weighted by Crippen LogP contribution is -2.36. The van der Waals surface area contributed by atoms with Gasteiger partial charge in [-0.1, -0.05) is 0 Å². The van der Waals surface area contributed by atoms with E-state index in [1.807, 2.05) is 0 Å². The molecule has 3 aliphatic rings. The number of halogens is 1. The fourth-order valence-electron chi connectivity index (χ4n) is 3.99. The summed E-state index contributed by atoms with van der Waals surface area (Å²) in [6.45, 7) is 0.474. The first-order valence-electron chi connectivity index (χ1n) is 9.51. The van der Waals surface area contributed by atoms with Crippen molar-refractivity contribution in [3.63, 3.8) is 0 Å². The third kappa shape index (κ3) is 3.42. The molecule has 2 atom stereocenters. The van der Waals surface area contributed by atoms with Crippen molar-refractivity contribution in [1.29, 1.82) is 0 Å². The fraction of sp³-hybridized carbons (Fsp3) is 0.333. The average Bonchev–Trinajstić information content (AvgIpc) is 3.34.